The van der Waals surface area contributed by atoms with Crippen LogP contribution >= 0.6 is 0 Å². The summed E-state index contributed by atoms with van der Waals surface area (Å²) in [7, 11) is 0. The van der Waals surface area contributed by atoms with Gasteiger partial charge in [0.05, 0.1) is 6.54 Å². The molecule has 0 saturated carbocycles. The summed E-state index contributed by atoms with van der Waals surface area (Å²) in [4.78, 5) is 35.8. The highest BCUT2D eigenvalue weighted by Crippen LogP contribution is 2.22. The zero-order valence-corrected chi connectivity index (χ0v) is 15.2. The minimum absolute atomic E-state index is 0.0546. The van der Waals surface area contributed by atoms with Crippen molar-refractivity contribution >= 4 is 17.8 Å². The predicted molar refractivity (Wildman–Crippen MR) is 96.2 cm³/mol. The van der Waals surface area contributed by atoms with Gasteiger partial charge in [-0.25, -0.2) is 4.79 Å². The molecule has 1 aromatic rings. The Hall–Kier alpha value is -2.37. The van der Waals surface area contributed by atoms with Gasteiger partial charge in [-0.3, -0.25) is 14.5 Å². The molecule has 0 aromatic heterocycles. The molecule has 0 radical (unpaired) electrons. The molecule has 6 nitrogen and oxygen atoms in total. The van der Waals surface area contributed by atoms with Crippen molar-refractivity contribution in [1.29, 1.82) is 0 Å². The first-order chi connectivity index (χ1) is 11.8. The van der Waals surface area contributed by atoms with E-state index in [2.05, 4.69) is 55.7 Å². The molecule has 2 N–H and O–H groups in total. The fraction of sp³-hybridized carbons (Fsp3) is 0.526. The first kappa shape index (κ1) is 19.0. The van der Waals surface area contributed by atoms with Crippen LogP contribution in [0.5, 0.6) is 0 Å². The summed E-state index contributed by atoms with van der Waals surface area (Å²) >= 11 is 0. The lowest BCUT2D eigenvalue weighted by molar-refractivity contribution is -0.126. The van der Waals surface area contributed by atoms with Crippen molar-refractivity contribution in [3.05, 3.63) is 35.4 Å². The van der Waals surface area contributed by atoms with Gasteiger partial charge in [0.2, 0.25) is 11.8 Å². The van der Waals surface area contributed by atoms with Gasteiger partial charge in [-0.2, -0.15) is 0 Å². The van der Waals surface area contributed by atoms with Crippen LogP contribution in [0, 0.1) is 0 Å². The van der Waals surface area contributed by atoms with Gasteiger partial charge in [0.15, 0.2) is 0 Å². The van der Waals surface area contributed by atoms with Crippen molar-refractivity contribution in [2.75, 3.05) is 19.6 Å². The van der Waals surface area contributed by atoms with E-state index in [1.165, 1.54) is 11.1 Å². The van der Waals surface area contributed by atoms with Gasteiger partial charge in [-0.05, 0) is 29.4 Å². The van der Waals surface area contributed by atoms with Crippen molar-refractivity contribution in [3.63, 3.8) is 0 Å². The molecule has 1 aliphatic heterocycles. The highest BCUT2D eigenvalue weighted by Gasteiger charge is 2.27. The number of benzene rings is 1. The summed E-state index contributed by atoms with van der Waals surface area (Å²) in [6.45, 7) is 7.47. The molecule has 136 valence electrons. The first-order valence-corrected chi connectivity index (χ1v) is 8.71. The average molecular weight is 345 g/mol. The molecule has 0 atom stereocenters. The fourth-order valence-corrected chi connectivity index (χ4v) is 2.69. The van der Waals surface area contributed by atoms with Crippen LogP contribution in [0.3, 0.4) is 0 Å². The van der Waals surface area contributed by atoms with Gasteiger partial charge in [0.1, 0.15) is 0 Å². The molecular formula is C19H27N3O3. The Kier molecular flexibility index (Phi) is 6.17. The van der Waals surface area contributed by atoms with Crippen LogP contribution in [0.4, 0.5) is 4.79 Å². The van der Waals surface area contributed by atoms with Crippen LogP contribution in [0.15, 0.2) is 24.3 Å². The maximum atomic E-state index is 11.8. The Morgan fingerprint density at radius 1 is 1.20 bits per heavy atom. The summed E-state index contributed by atoms with van der Waals surface area (Å²) < 4.78 is 0. The molecular weight excluding hydrogens is 318 g/mol. The Morgan fingerprint density at radius 2 is 1.88 bits per heavy atom. The van der Waals surface area contributed by atoms with Crippen molar-refractivity contribution in [1.82, 2.24) is 15.5 Å². The van der Waals surface area contributed by atoms with Crippen LogP contribution in [0.25, 0.3) is 0 Å². The van der Waals surface area contributed by atoms with Gasteiger partial charge in [-0.1, -0.05) is 45.0 Å². The summed E-state index contributed by atoms with van der Waals surface area (Å²) in [6.07, 6.45) is 1.56. The van der Waals surface area contributed by atoms with Crippen LogP contribution < -0.4 is 10.6 Å². The standard InChI is InChI=1S/C19H27N3O3/c1-19(2,3)15-8-6-14(7-9-15)10-11-20-16(23)5-4-12-22-17(24)13-21-18(22)25/h6-9H,4-5,10-13H2,1-3H3,(H,20,23)(H,21,25). The largest absolute Gasteiger partial charge is 0.356 e. The number of nitrogens with one attached hydrogen (secondary N) is 2. The third-order valence-corrected chi connectivity index (χ3v) is 4.28. The van der Waals surface area contributed by atoms with Gasteiger partial charge in [0, 0.05) is 19.5 Å². The Balaban J connectivity index is 1.65. The molecule has 1 aliphatic rings. The predicted octanol–water partition coefficient (Wildman–Crippen LogP) is 1.97. The molecule has 0 aliphatic carbocycles. The minimum atomic E-state index is -0.371. The number of carbonyl (C=O) groups excluding carboxylic acids is 3. The van der Waals surface area contributed by atoms with Crippen LogP contribution in [-0.4, -0.2) is 42.4 Å². The number of nitrogens with zero attached hydrogens (tertiary/aromatic N) is 1. The number of urea groups is 1. The van der Waals surface area contributed by atoms with E-state index >= 15 is 0 Å². The Labute approximate surface area is 149 Å². The van der Waals surface area contributed by atoms with E-state index in [1.807, 2.05) is 0 Å². The zero-order chi connectivity index (χ0) is 18.4. The molecule has 1 aromatic carbocycles. The summed E-state index contributed by atoms with van der Waals surface area (Å²) in [5.74, 6) is -0.289. The third-order valence-electron chi connectivity index (χ3n) is 4.28. The molecule has 25 heavy (non-hydrogen) atoms. The van der Waals surface area contributed by atoms with E-state index < -0.39 is 0 Å². The van der Waals surface area contributed by atoms with Crippen LogP contribution in [0.1, 0.15) is 44.7 Å². The van der Waals surface area contributed by atoms with Gasteiger partial charge in [0.25, 0.3) is 0 Å². The summed E-state index contributed by atoms with van der Waals surface area (Å²) in [6, 6.07) is 8.10. The van der Waals surface area contributed by atoms with Crippen molar-refractivity contribution in [2.24, 2.45) is 0 Å². The van der Waals surface area contributed by atoms with E-state index in [1.54, 1.807) is 0 Å². The average Bonchev–Trinajstić information content (AvgIpc) is 2.86. The SMILES string of the molecule is CC(C)(C)c1ccc(CCNC(=O)CCCN2C(=O)CNC2=O)cc1. The quantitative estimate of drug-likeness (QED) is 0.742. The Bertz CT molecular complexity index is 616. The maximum Gasteiger partial charge on any atom is 0.324 e. The second-order valence-corrected chi connectivity index (χ2v) is 7.35. The zero-order valence-electron chi connectivity index (χ0n) is 15.2. The number of hydrogen-bond acceptors (Lipinski definition) is 3. The number of amides is 4. The number of rotatable bonds is 7. The molecule has 0 unspecified atom stereocenters. The molecule has 0 bridgehead atoms. The van der Waals surface area contributed by atoms with Crippen molar-refractivity contribution < 1.29 is 14.4 Å². The molecule has 1 fully saturated rings. The molecule has 4 amide bonds. The third kappa shape index (κ3) is 5.59. The van der Waals surface area contributed by atoms with E-state index in [0.29, 0.717) is 19.4 Å². The molecule has 1 saturated heterocycles. The van der Waals surface area contributed by atoms with Gasteiger partial charge in [-0.15, -0.1) is 0 Å². The number of imide groups is 1. The molecule has 0 spiro atoms. The van der Waals surface area contributed by atoms with Gasteiger partial charge >= 0.3 is 6.03 Å². The number of hydrogen-bond donors (Lipinski definition) is 2. The van der Waals surface area contributed by atoms with E-state index in [9.17, 15) is 14.4 Å². The van der Waals surface area contributed by atoms with Crippen molar-refractivity contribution in [3.8, 4) is 0 Å². The normalized spacial score (nSPS) is 14.6. The van der Waals surface area contributed by atoms with Gasteiger partial charge < -0.3 is 10.6 Å². The van der Waals surface area contributed by atoms with Crippen LogP contribution in [-0.2, 0) is 21.4 Å². The second kappa shape index (κ2) is 8.14. The molecule has 6 heteroatoms. The topological polar surface area (TPSA) is 78.5 Å². The van der Waals surface area contributed by atoms with Crippen molar-refractivity contribution in [2.45, 2.75) is 45.4 Å². The van der Waals surface area contributed by atoms with Crippen LogP contribution in [0.2, 0.25) is 0 Å². The maximum absolute atomic E-state index is 11.8. The summed E-state index contributed by atoms with van der Waals surface area (Å²) in [5, 5.41) is 5.34. The highest BCUT2D eigenvalue weighted by molar-refractivity contribution is 6.01. The van der Waals surface area contributed by atoms with E-state index in [4.69, 9.17) is 0 Å². The fourth-order valence-electron chi connectivity index (χ4n) is 2.69. The monoisotopic (exact) mass is 345 g/mol. The highest BCUT2D eigenvalue weighted by atomic mass is 16.2. The van der Waals surface area contributed by atoms with E-state index in [-0.39, 0.29) is 36.3 Å². The first-order valence-electron chi connectivity index (χ1n) is 8.71. The second-order valence-electron chi connectivity index (χ2n) is 7.35. The molecule has 1 heterocycles. The molecule has 2 rings (SSSR count). The van der Waals surface area contributed by atoms with E-state index in [0.717, 1.165) is 11.3 Å². The lowest BCUT2D eigenvalue weighted by Gasteiger charge is -2.19. The Morgan fingerprint density at radius 3 is 2.44 bits per heavy atom. The smallest absolute Gasteiger partial charge is 0.324 e. The number of carbonyl (C=O) groups is 3. The summed E-state index contributed by atoms with van der Waals surface area (Å²) in [5.41, 5.74) is 2.62. The lowest BCUT2D eigenvalue weighted by Crippen LogP contribution is -2.33. The lowest BCUT2D eigenvalue weighted by atomic mass is 9.86. The minimum Gasteiger partial charge on any atom is -0.356 e.